The summed E-state index contributed by atoms with van der Waals surface area (Å²) >= 11 is 0. The second kappa shape index (κ2) is 6.70. The van der Waals surface area contributed by atoms with Gasteiger partial charge in [-0.1, -0.05) is 18.2 Å². The van der Waals surface area contributed by atoms with Crippen molar-refractivity contribution in [3.63, 3.8) is 0 Å². The van der Waals surface area contributed by atoms with E-state index in [0.29, 0.717) is 11.5 Å². The highest BCUT2D eigenvalue weighted by atomic mass is 16.5. The van der Waals surface area contributed by atoms with Gasteiger partial charge in [0.25, 0.3) is 5.91 Å². The van der Waals surface area contributed by atoms with Gasteiger partial charge in [-0.25, -0.2) is 4.79 Å². The third-order valence-corrected chi connectivity index (χ3v) is 3.88. The molecule has 1 atom stereocenters. The number of hydrogen-bond donors (Lipinski definition) is 1. The van der Waals surface area contributed by atoms with Crippen molar-refractivity contribution in [2.45, 2.75) is 31.8 Å². The Morgan fingerprint density at radius 1 is 1.21 bits per heavy atom. The first-order chi connectivity index (χ1) is 11.6. The molecule has 1 N–H and O–H groups in total. The first-order valence-electron chi connectivity index (χ1n) is 7.80. The van der Waals surface area contributed by atoms with E-state index in [9.17, 15) is 14.7 Å². The van der Waals surface area contributed by atoms with Gasteiger partial charge in [-0.2, -0.15) is 0 Å². The van der Waals surface area contributed by atoms with Crippen LogP contribution in [-0.4, -0.2) is 39.0 Å². The topological polar surface area (TPSA) is 79.7 Å². The van der Waals surface area contributed by atoms with E-state index in [1.165, 1.54) is 18.0 Å². The summed E-state index contributed by atoms with van der Waals surface area (Å²) in [6, 6.07) is 11.5. The molecule has 3 rings (SSSR count). The van der Waals surface area contributed by atoms with Crippen molar-refractivity contribution in [1.82, 2.24) is 9.88 Å². The van der Waals surface area contributed by atoms with Crippen molar-refractivity contribution in [3.05, 3.63) is 54.4 Å². The second-order valence-electron chi connectivity index (χ2n) is 5.75. The molecule has 1 fully saturated rings. The van der Waals surface area contributed by atoms with Gasteiger partial charge in [0, 0.05) is 18.3 Å². The van der Waals surface area contributed by atoms with Gasteiger partial charge in [-0.3, -0.25) is 9.78 Å². The molecule has 6 heteroatoms. The largest absolute Gasteiger partial charge is 0.480 e. The number of nitrogens with zero attached hydrogens (tertiary/aromatic N) is 2. The van der Waals surface area contributed by atoms with E-state index in [2.05, 4.69) is 4.98 Å². The predicted molar refractivity (Wildman–Crippen MR) is 87.0 cm³/mol. The van der Waals surface area contributed by atoms with Crippen LogP contribution in [0, 0.1) is 0 Å². The standard InChI is InChI=1S/C18H18N2O4/c1-12(18(22)23)20(13-7-8-13)17(21)16-11-15(9-10-19-16)24-14-5-3-2-4-6-14/h2-6,9-13H,7-8H2,1H3,(H,22,23). The molecule has 1 aliphatic rings. The maximum absolute atomic E-state index is 12.7. The summed E-state index contributed by atoms with van der Waals surface area (Å²) in [7, 11) is 0. The van der Waals surface area contributed by atoms with Gasteiger partial charge in [0.05, 0.1) is 0 Å². The molecule has 1 aliphatic carbocycles. The number of hydrogen-bond acceptors (Lipinski definition) is 4. The molecule has 1 unspecified atom stereocenters. The van der Waals surface area contributed by atoms with Crippen LogP contribution < -0.4 is 4.74 Å². The Bertz CT molecular complexity index is 744. The number of para-hydroxylation sites is 1. The molecule has 6 nitrogen and oxygen atoms in total. The van der Waals surface area contributed by atoms with Crippen molar-refractivity contribution >= 4 is 11.9 Å². The second-order valence-corrected chi connectivity index (χ2v) is 5.75. The zero-order chi connectivity index (χ0) is 17.1. The van der Waals surface area contributed by atoms with Crippen LogP contribution in [0.5, 0.6) is 11.5 Å². The minimum atomic E-state index is -1.02. The van der Waals surface area contributed by atoms with Crippen molar-refractivity contribution in [2.24, 2.45) is 0 Å². The Balaban J connectivity index is 1.82. The molecule has 1 aromatic carbocycles. The third-order valence-electron chi connectivity index (χ3n) is 3.88. The van der Waals surface area contributed by atoms with Crippen molar-refractivity contribution in [1.29, 1.82) is 0 Å². The monoisotopic (exact) mass is 326 g/mol. The predicted octanol–water partition coefficient (Wildman–Crippen LogP) is 2.95. The lowest BCUT2D eigenvalue weighted by Gasteiger charge is -2.26. The molecule has 1 amide bonds. The van der Waals surface area contributed by atoms with Crippen molar-refractivity contribution < 1.29 is 19.4 Å². The molecule has 1 saturated carbocycles. The van der Waals surface area contributed by atoms with Gasteiger partial charge in [-0.05, 0) is 38.0 Å². The van der Waals surface area contributed by atoms with Crippen LogP contribution in [0.2, 0.25) is 0 Å². The Morgan fingerprint density at radius 3 is 2.54 bits per heavy atom. The number of aliphatic carboxylic acids is 1. The molecule has 0 bridgehead atoms. The number of ether oxygens (including phenoxy) is 1. The fourth-order valence-corrected chi connectivity index (χ4v) is 2.48. The first-order valence-corrected chi connectivity index (χ1v) is 7.80. The molecule has 1 heterocycles. The number of carbonyl (C=O) groups is 2. The molecule has 124 valence electrons. The van der Waals surface area contributed by atoms with Crippen LogP contribution in [0.4, 0.5) is 0 Å². The summed E-state index contributed by atoms with van der Waals surface area (Å²) in [4.78, 5) is 29.5. The minimum Gasteiger partial charge on any atom is -0.480 e. The summed E-state index contributed by atoms with van der Waals surface area (Å²) < 4.78 is 5.71. The van der Waals surface area contributed by atoms with E-state index < -0.39 is 12.0 Å². The van der Waals surface area contributed by atoms with E-state index >= 15 is 0 Å². The van der Waals surface area contributed by atoms with Crippen LogP contribution in [0.3, 0.4) is 0 Å². The van der Waals surface area contributed by atoms with Gasteiger partial charge in [-0.15, -0.1) is 0 Å². The van der Waals surface area contributed by atoms with Crippen LogP contribution >= 0.6 is 0 Å². The Kier molecular flexibility index (Phi) is 4.46. The number of benzene rings is 1. The molecule has 1 aromatic heterocycles. The van der Waals surface area contributed by atoms with Crippen LogP contribution in [0.1, 0.15) is 30.3 Å². The third kappa shape index (κ3) is 3.53. The highest BCUT2D eigenvalue weighted by Crippen LogP contribution is 2.30. The smallest absolute Gasteiger partial charge is 0.326 e. The summed E-state index contributed by atoms with van der Waals surface area (Å²) in [5, 5.41) is 9.24. The lowest BCUT2D eigenvalue weighted by Crippen LogP contribution is -2.45. The van der Waals surface area contributed by atoms with Gasteiger partial charge >= 0.3 is 5.97 Å². The zero-order valence-electron chi connectivity index (χ0n) is 13.3. The van der Waals surface area contributed by atoms with Gasteiger partial charge in [0.2, 0.25) is 0 Å². The fourth-order valence-electron chi connectivity index (χ4n) is 2.48. The lowest BCUT2D eigenvalue weighted by molar-refractivity contribution is -0.141. The molecular formula is C18H18N2O4. The van der Waals surface area contributed by atoms with Gasteiger partial charge in [0.15, 0.2) is 0 Å². The molecule has 0 saturated heterocycles. The molecule has 0 aliphatic heterocycles. The normalized spacial score (nSPS) is 14.7. The van der Waals surface area contributed by atoms with Gasteiger partial charge in [0.1, 0.15) is 23.2 Å². The Hall–Kier alpha value is -2.89. The molecule has 2 aromatic rings. The molecular weight excluding hydrogens is 308 g/mol. The Labute approximate surface area is 139 Å². The number of amides is 1. The van der Waals surface area contributed by atoms with E-state index in [-0.39, 0.29) is 17.6 Å². The fraction of sp³-hybridized carbons (Fsp3) is 0.278. The highest BCUT2D eigenvalue weighted by Gasteiger charge is 2.39. The highest BCUT2D eigenvalue weighted by molar-refractivity contribution is 5.95. The molecule has 0 spiro atoms. The average molecular weight is 326 g/mol. The molecule has 24 heavy (non-hydrogen) atoms. The number of aromatic nitrogens is 1. The van der Waals surface area contributed by atoms with Crippen LogP contribution in [0.15, 0.2) is 48.7 Å². The number of carboxylic acids is 1. The van der Waals surface area contributed by atoms with E-state index in [4.69, 9.17) is 4.74 Å². The van der Waals surface area contributed by atoms with Crippen LogP contribution in [0.25, 0.3) is 0 Å². The molecule has 0 radical (unpaired) electrons. The van der Waals surface area contributed by atoms with E-state index in [0.717, 1.165) is 12.8 Å². The lowest BCUT2D eigenvalue weighted by atomic mass is 10.2. The average Bonchev–Trinajstić information content (AvgIpc) is 3.41. The summed E-state index contributed by atoms with van der Waals surface area (Å²) in [5.74, 6) is -0.267. The summed E-state index contributed by atoms with van der Waals surface area (Å²) in [6.07, 6.45) is 3.13. The van der Waals surface area contributed by atoms with Gasteiger partial charge < -0.3 is 14.7 Å². The van der Waals surface area contributed by atoms with Crippen molar-refractivity contribution in [2.75, 3.05) is 0 Å². The zero-order valence-corrected chi connectivity index (χ0v) is 13.3. The minimum absolute atomic E-state index is 0.0240. The van der Waals surface area contributed by atoms with E-state index in [1.54, 1.807) is 12.1 Å². The Morgan fingerprint density at radius 2 is 1.92 bits per heavy atom. The summed E-state index contributed by atoms with van der Waals surface area (Å²) in [5.41, 5.74) is 0.184. The number of carbonyl (C=O) groups excluding carboxylic acids is 1. The van der Waals surface area contributed by atoms with E-state index in [1.807, 2.05) is 30.3 Å². The summed E-state index contributed by atoms with van der Waals surface area (Å²) in [6.45, 7) is 1.52. The maximum atomic E-state index is 12.7. The van der Waals surface area contributed by atoms with Crippen molar-refractivity contribution in [3.8, 4) is 11.5 Å². The quantitative estimate of drug-likeness (QED) is 0.883. The number of pyridine rings is 1. The number of rotatable bonds is 6. The number of carboxylic acid groups (broad SMARTS) is 1. The SMILES string of the molecule is CC(C(=O)O)N(C(=O)c1cc(Oc2ccccc2)ccn1)C1CC1. The maximum Gasteiger partial charge on any atom is 0.326 e. The first kappa shape index (κ1) is 16.0. The van der Waals surface area contributed by atoms with Crippen LogP contribution in [-0.2, 0) is 4.79 Å².